The first-order valence-corrected chi connectivity index (χ1v) is 6.06. The van der Waals surface area contributed by atoms with Gasteiger partial charge in [0.05, 0.1) is 5.69 Å². The normalized spacial score (nSPS) is 11.5. The molecule has 2 aromatic rings. The van der Waals surface area contributed by atoms with Gasteiger partial charge in [-0.15, -0.1) is 0 Å². The number of hydrogen-bond acceptors (Lipinski definition) is 1. The van der Waals surface area contributed by atoms with Crippen molar-refractivity contribution in [1.29, 1.82) is 0 Å². The second-order valence-electron chi connectivity index (χ2n) is 3.75. The van der Waals surface area contributed by atoms with Gasteiger partial charge in [0.15, 0.2) is 0 Å². The van der Waals surface area contributed by atoms with E-state index in [-0.39, 0.29) is 0 Å². The second-order valence-corrected chi connectivity index (χ2v) is 4.19. The van der Waals surface area contributed by atoms with E-state index in [1.807, 2.05) is 54.6 Å². The molecule has 0 saturated heterocycles. The summed E-state index contributed by atoms with van der Waals surface area (Å²) in [4.78, 5) is 4.65. The number of halogens is 1. The van der Waals surface area contributed by atoms with Crippen molar-refractivity contribution >= 4 is 23.0 Å². The summed E-state index contributed by atoms with van der Waals surface area (Å²) in [6, 6.07) is 17.8. The van der Waals surface area contributed by atoms with Gasteiger partial charge in [-0.3, -0.25) is 4.99 Å². The highest BCUT2D eigenvalue weighted by Crippen LogP contribution is 2.16. The van der Waals surface area contributed by atoms with Gasteiger partial charge in [0.1, 0.15) is 0 Å². The largest absolute Gasteiger partial charge is 0.253 e. The van der Waals surface area contributed by atoms with E-state index in [0.717, 1.165) is 28.4 Å². The number of rotatable bonds is 3. The fourth-order valence-electron chi connectivity index (χ4n) is 1.65. The molecule has 2 aromatic carbocycles. The smallest absolute Gasteiger partial charge is 0.0633 e. The summed E-state index contributed by atoms with van der Waals surface area (Å²) >= 11 is 5.88. The molecular weight excluding hydrogens is 230 g/mol. The van der Waals surface area contributed by atoms with Crippen LogP contribution in [0.2, 0.25) is 5.02 Å². The Morgan fingerprint density at radius 1 is 1.00 bits per heavy atom. The molecule has 0 saturated carbocycles. The Labute approximate surface area is 107 Å². The summed E-state index contributed by atoms with van der Waals surface area (Å²) in [6.45, 7) is 2.11. The van der Waals surface area contributed by atoms with Crippen molar-refractivity contribution in [3.05, 3.63) is 65.2 Å². The summed E-state index contributed by atoms with van der Waals surface area (Å²) in [5.74, 6) is 0. The van der Waals surface area contributed by atoms with Crippen LogP contribution in [0.15, 0.2) is 59.6 Å². The zero-order chi connectivity index (χ0) is 12.1. The Morgan fingerprint density at radius 3 is 2.24 bits per heavy atom. The first-order chi connectivity index (χ1) is 8.29. The van der Waals surface area contributed by atoms with E-state index in [0.29, 0.717) is 0 Å². The SMILES string of the molecule is CCC(=Nc1ccccc1)c1ccc(Cl)cc1. The monoisotopic (exact) mass is 243 g/mol. The Balaban J connectivity index is 2.34. The lowest BCUT2D eigenvalue weighted by atomic mass is 10.1. The zero-order valence-electron chi connectivity index (χ0n) is 9.73. The molecule has 0 aliphatic carbocycles. The number of benzene rings is 2. The van der Waals surface area contributed by atoms with Crippen LogP contribution in [0.5, 0.6) is 0 Å². The maximum atomic E-state index is 5.88. The molecule has 0 amide bonds. The lowest BCUT2D eigenvalue weighted by molar-refractivity contribution is 1.26. The number of hydrogen-bond donors (Lipinski definition) is 0. The van der Waals surface area contributed by atoms with Gasteiger partial charge in [-0.05, 0) is 36.2 Å². The molecular formula is C15H14ClN. The number of para-hydroxylation sites is 1. The van der Waals surface area contributed by atoms with Gasteiger partial charge in [0, 0.05) is 10.7 Å². The molecule has 0 spiro atoms. The predicted molar refractivity (Wildman–Crippen MR) is 74.4 cm³/mol. The molecule has 2 rings (SSSR count). The molecule has 0 aromatic heterocycles. The molecule has 0 unspecified atom stereocenters. The third-order valence-electron chi connectivity index (χ3n) is 2.53. The van der Waals surface area contributed by atoms with Gasteiger partial charge in [-0.1, -0.05) is 48.9 Å². The Morgan fingerprint density at radius 2 is 1.65 bits per heavy atom. The summed E-state index contributed by atoms with van der Waals surface area (Å²) in [5, 5.41) is 0.754. The average Bonchev–Trinajstić information content (AvgIpc) is 2.38. The molecule has 0 heterocycles. The van der Waals surface area contributed by atoms with Crippen molar-refractivity contribution in [3.8, 4) is 0 Å². The van der Waals surface area contributed by atoms with Crippen molar-refractivity contribution in [2.24, 2.45) is 4.99 Å². The molecule has 0 aliphatic heterocycles. The first-order valence-electron chi connectivity index (χ1n) is 5.68. The minimum atomic E-state index is 0.754. The molecule has 0 bridgehead atoms. The summed E-state index contributed by atoms with van der Waals surface area (Å²) in [5.41, 5.74) is 3.19. The molecule has 2 heteroatoms. The van der Waals surface area contributed by atoms with Crippen molar-refractivity contribution in [3.63, 3.8) is 0 Å². The lowest BCUT2D eigenvalue weighted by Crippen LogP contribution is -1.97. The van der Waals surface area contributed by atoms with E-state index in [1.54, 1.807) is 0 Å². The predicted octanol–water partition coefficient (Wildman–Crippen LogP) is 4.87. The Bertz CT molecular complexity index is 500. The van der Waals surface area contributed by atoms with E-state index < -0.39 is 0 Å². The van der Waals surface area contributed by atoms with Crippen LogP contribution in [0.4, 0.5) is 5.69 Å². The zero-order valence-corrected chi connectivity index (χ0v) is 10.5. The summed E-state index contributed by atoms with van der Waals surface area (Å²) in [7, 11) is 0. The Kier molecular flexibility index (Phi) is 3.94. The topological polar surface area (TPSA) is 12.4 Å². The molecule has 0 radical (unpaired) electrons. The molecule has 86 valence electrons. The van der Waals surface area contributed by atoms with E-state index in [9.17, 15) is 0 Å². The number of aliphatic imine (C=N–C) groups is 1. The van der Waals surface area contributed by atoms with Gasteiger partial charge in [0.2, 0.25) is 0 Å². The van der Waals surface area contributed by atoms with Crippen molar-refractivity contribution in [2.45, 2.75) is 13.3 Å². The fourth-order valence-corrected chi connectivity index (χ4v) is 1.77. The molecule has 0 fully saturated rings. The van der Waals surface area contributed by atoms with E-state index in [4.69, 9.17) is 11.6 Å². The van der Waals surface area contributed by atoms with Crippen molar-refractivity contribution in [1.82, 2.24) is 0 Å². The highest BCUT2D eigenvalue weighted by Gasteiger charge is 2.01. The molecule has 17 heavy (non-hydrogen) atoms. The number of nitrogens with zero attached hydrogens (tertiary/aromatic N) is 1. The maximum Gasteiger partial charge on any atom is 0.0633 e. The lowest BCUT2D eigenvalue weighted by Gasteiger charge is -2.04. The van der Waals surface area contributed by atoms with E-state index >= 15 is 0 Å². The molecule has 0 atom stereocenters. The van der Waals surface area contributed by atoms with E-state index in [2.05, 4.69) is 11.9 Å². The second kappa shape index (κ2) is 5.65. The minimum Gasteiger partial charge on any atom is -0.253 e. The van der Waals surface area contributed by atoms with Crippen LogP contribution in [-0.2, 0) is 0 Å². The minimum absolute atomic E-state index is 0.754. The first kappa shape index (κ1) is 11.9. The highest BCUT2D eigenvalue weighted by molar-refractivity contribution is 6.30. The van der Waals surface area contributed by atoms with Crippen LogP contribution >= 0.6 is 11.6 Å². The van der Waals surface area contributed by atoms with Crippen LogP contribution in [0.1, 0.15) is 18.9 Å². The average molecular weight is 244 g/mol. The van der Waals surface area contributed by atoms with Crippen molar-refractivity contribution in [2.75, 3.05) is 0 Å². The van der Waals surface area contributed by atoms with Gasteiger partial charge in [0.25, 0.3) is 0 Å². The third-order valence-corrected chi connectivity index (χ3v) is 2.78. The van der Waals surface area contributed by atoms with Crippen LogP contribution in [0.25, 0.3) is 0 Å². The van der Waals surface area contributed by atoms with E-state index in [1.165, 1.54) is 0 Å². The summed E-state index contributed by atoms with van der Waals surface area (Å²) < 4.78 is 0. The summed E-state index contributed by atoms with van der Waals surface area (Å²) in [6.07, 6.45) is 0.899. The quantitative estimate of drug-likeness (QED) is 0.682. The van der Waals surface area contributed by atoms with Crippen LogP contribution in [0.3, 0.4) is 0 Å². The maximum absolute atomic E-state index is 5.88. The fraction of sp³-hybridized carbons (Fsp3) is 0.133. The third kappa shape index (κ3) is 3.18. The van der Waals surface area contributed by atoms with Crippen LogP contribution in [-0.4, -0.2) is 5.71 Å². The van der Waals surface area contributed by atoms with Gasteiger partial charge in [-0.25, -0.2) is 0 Å². The van der Waals surface area contributed by atoms with Gasteiger partial charge >= 0.3 is 0 Å². The molecule has 0 aliphatic rings. The molecule has 1 nitrogen and oxygen atoms in total. The highest BCUT2D eigenvalue weighted by atomic mass is 35.5. The Hall–Kier alpha value is -1.60. The van der Waals surface area contributed by atoms with Gasteiger partial charge < -0.3 is 0 Å². The van der Waals surface area contributed by atoms with Gasteiger partial charge in [-0.2, -0.15) is 0 Å². The standard InChI is InChI=1S/C15H14ClN/c1-2-15(12-8-10-13(16)11-9-12)17-14-6-4-3-5-7-14/h3-11H,2H2,1H3. The van der Waals surface area contributed by atoms with Crippen LogP contribution < -0.4 is 0 Å². The van der Waals surface area contributed by atoms with Crippen molar-refractivity contribution < 1.29 is 0 Å². The molecule has 0 N–H and O–H groups in total. The van der Waals surface area contributed by atoms with Crippen LogP contribution in [0, 0.1) is 0 Å².